The maximum absolute atomic E-state index is 12.1. The van der Waals surface area contributed by atoms with Crippen LogP contribution in [0.3, 0.4) is 0 Å². The number of carbonyl (C=O) groups is 2. The van der Waals surface area contributed by atoms with Crippen molar-refractivity contribution >= 4 is 23.7 Å². The molecule has 0 atom stereocenters. The molecule has 0 aromatic heterocycles. The van der Waals surface area contributed by atoms with Crippen molar-refractivity contribution in [2.45, 2.75) is 20.0 Å². The Kier molecular flexibility index (Phi) is 7.33. The lowest BCUT2D eigenvalue weighted by Crippen LogP contribution is -2.32. The molecular weight excluding hydrogens is 378 g/mol. The predicted octanol–water partition coefficient (Wildman–Crippen LogP) is 3.92. The van der Waals surface area contributed by atoms with Crippen molar-refractivity contribution in [3.63, 3.8) is 0 Å². The highest BCUT2D eigenvalue weighted by atomic mass is 16.5. The summed E-state index contributed by atoms with van der Waals surface area (Å²) < 4.78 is 5.85. The molecule has 2 amide bonds. The van der Waals surface area contributed by atoms with Crippen molar-refractivity contribution in [2.75, 3.05) is 5.32 Å². The Hall–Kier alpha value is -3.93. The molecule has 0 bridgehead atoms. The maximum Gasteiger partial charge on any atom is 0.329 e. The molecule has 3 aromatic rings. The first-order valence-corrected chi connectivity index (χ1v) is 9.65. The highest BCUT2D eigenvalue weighted by Gasteiger charge is 2.14. The average molecular weight is 401 g/mol. The molecule has 0 heterocycles. The molecular formula is C24H23N3O3. The van der Waals surface area contributed by atoms with Crippen LogP contribution in [0.4, 0.5) is 5.69 Å². The number of hydrazone groups is 1. The molecule has 3 rings (SSSR count). The van der Waals surface area contributed by atoms with Crippen LogP contribution in [0.25, 0.3) is 0 Å². The van der Waals surface area contributed by atoms with Gasteiger partial charge in [-0.05, 0) is 35.7 Å². The molecule has 2 N–H and O–H groups in total. The number of benzene rings is 3. The van der Waals surface area contributed by atoms with Crippen LogP contribution in [0.2, 0.25) is 0 Å². The van der Waals surface area contributed by atoms with Crippen LogP contribution in [0.15, 0.2) is 84.0 Å². The molecule has 152 valence electrons. The van der Waals surface area contributed by atoms with Crippen molar-refractivity contribution in [1.82, 2.24) is 5.43 Å². The van der Waals surface area contributed by atoms with Crippen LogP contribution in [0.1, 0.15) is 23.6 Å². The maximum atomic E-state index is 12.1. The van der Waals surface area contributed by atoms with Gasteiger partial charge in [-0.1, -0.05) is 67.6 Å². The van der Waals surface area contributed by atoms with Gasteiger partial charge < -0.3 is 10.1 Å². The first-order chi connectivity index (χ1) is 14.7. The number of para-hydroxylation sites is 2. The Morgan fingerprint density at radius 2 is 1.60 bits per heavy atom. The van der Waals surface area contributed by atoms with E-state index in [0.717, 1.165) is 17.5 Å². The van der Waals surface area contributed by atoms with E-state index in [1.165, 1.54) is 6.21 Å². The van der Waals surface area contributed by atoms with Crippen LogP contribution < -0.4 is 15.5 Å². The molecule has 0 aliphatic heterocycles. The van der Waals surface area contributed by atoms with Gasteiger partial charge in [0, 0.05) is 11.3 Å². The molecule has 0 aliphatic rings. The third-order valence-electron chi connectivity index (χ3n) is 4.38. The average Bonchev–Trinajstić information content (AvgIpc) is 2.79. The summed E-state index contributed by atoms with van der Waals surface area (Å²) in [6, 6.07) is 24.5. The largest absolute Gasteiger partial charge is 0.488 e. The number of carbonyl (C=O) groups excluding carboxylic acids is 2. The molecule has 30 heavy (non-hydrogen) atoms. The molecule has 6 nitrogen and oxygen atoms in total. The van der Waals surface area contributed by atoms with Crippen molar-refractivity contribution in [3.8, 4) is 5.75 Å². The van der Waals surface area contributed by atoms with Crippen molar-refractivity contribution < 1.29 is 14.3 Å². The van der Waals surface area contributed by atoms with E-state index in [9.17, 15) is 9.59 Å². The number of rotatable bonds is 7. The summed E-state index contributed by atoms with van der Waals surface area (Å²) in [5, 5.41) is 6.51. The van der Waals surface area contributed by atoms with E-state index < -0.39 is 11.8 Å². The number of nitrogens with zero attached hydrogens (tertiary/aromatic N) is 1. The van der Waals surface area contributed by atoms with Gasteiger partial charge in [0.2, 0.25) is 0 Å². The first-order valence-electron chi connectivity index (χ1n) is 9.65. The van der Waals surface area contributed by atoms with E-state index in [2.05, 4.69) is 15.8 Å². The number of amides is 2. The summed E-state index contributed by atoms with van der Waals surface area (Å²) in [6.07, 6.45) is 2.20. The minimum absolute atomic E-state index is 0.414. The fourth-order valence-electron chi connectivity index (χ4n) is 2.79. The lowest BCUT2D eigenvalue weighted by Gasteiger charge is -2.09. The SMILES string of the molecule is CCc1ccccc1NC(=O)C(=O)N/N=C\c1ccccc1OCc1ccccc1. The monoisotopic (exact) mass is 401 g/mol. The number of hydrogen-bond acceptors (Lipinski definition) is 4. The summed E-state index contributed by atoms with van der Waals surface area (Å²) in [5.74, 6) is -0.998. The highest BCUT2D eigenvalue weighted by molar-refractivity contribution is 6.39. The third-order valence-corrected chi connectivity index (χ3v) is 4.38. The Balaban J connectivity index is 1.58. The number of nitrogens with one attached hydrogen (secondary N) is 2. The fourth-order valence-corrected chi connectivity index (χ4v) is 2.79. The van der Waals surface area contributed by atoms with Gasteiger partial charge in [0.05, 0.1) is 6.21 Å². The van der Waals surface area contributed by atoms with Crippen LogP contribution >= 0.6 is 0 Å². The molecule has 3 aromatic carbocycles. The summed E-state index contributed by atoms with van der Waals surface area (Å²) in [4.78, 5) is 24.2. The van der Waals surface area contributed by atoms with Gasteiger partial charge in [-0.25, -0.2) is 5.43 Å². The van der Waals surface area contributed by atoms with Crippen molar-refractivity contribution in [3.05, 3.63) is 95.6 Å². The van der Waals surface area contributed by atoms with Crippen LogP contribution in [0, 0.1) is 0 Å². The number of ether oxygens (including phenoxy) is 1. The second-order valence-electron chi connectivity index (χ2n) is 6.48. The standard InChI is InChI=1S/C24H23N3O3/c1-2-19-12-6-8-14-21(19)26-23(28)24(29)27-25-16-20-13-7-9-15-22(20)30-17-18-10-4-3-5-11-18/h3-16H,2,17H2,1H3,(H,26,28)(H,27,29)/b25-16-. The Morgan fingerprint density at radius 3 is 2.40 bits per heavy atom. The minimum atomic E-state index is -0.847. The third kappa shape index (κ3) is 5.78. The molecule has 6 heteroatoms. The molecule has 0 fully saturated rings. The molecule has 0 saturated carbocycles. The van der Waals surface area contributed by atoms with E-state index in [1.807, 2.05) is 73.7 Å². The molecule has 0 spiro atoms. The Morgan fingerprint density at radius 1 is 0.900 bits per heavy atom. The number of aryl methyl sites for hydroxylation is 1. The molecule has 0 aliphatic carbocycles. The predicted molar refractivity (Wildman–Crippen MR) is 117 cm³/mol. The quantitative estimate of drug-likeness (QED) is 0.358. The van der Waals surface area contributed by atoms with Gasteiger partial charge >= 0.3 is 11.8 Å². The Bertz CT molecular complexity index is 1030. The van der Waals surface area contributed by atoms with E-state index >= 15 is 0 Å². The second-order valence-corrected chi connectivity index (χ2v) is 6.48. The summed E-state index contributed by atoms with van der Waals surface area (Å²) >= 11 is 0. The Labute approximate surface area is 175 Å². The minimum Gasteiger partial charge on any atom is -0.488 e. The van der Waals surface area contributed by atoms with E-state index in [0.29, 0.717) is 23.6 Å². The molecule has 0 saturated heterocycles. The number of anilines is 1. The van der Waals surface area contributed by atoms with E-state index in [4.69, 9.17) is 4.74 Å². The smallest absolute Gasteiger partial charge is 0.329 e. The van der Waals surface area contributed by atoms with E-state index in [1.54, 1.807) is 12.1 Å². The summed E-state index contributed by atoms with van der Waals surface area (Å²) in [5.41, 5.74) is 5.55. The zero-order valence-corrected chi connectivity index (χ0v) is 16.7. The summed E-state index contributed by atoms with van der Waals surface area (Å²) in [6.45, 7) is 2.39. The second kappa shape index (κ2) is 10.6. The normalized spacial score (nSPS) is 10.6. The van der Waals surface area contributed by atoms with Gasteiger partial charge in [0.25, 0.3) is 0 Å². The topological polar surface area (TPSA) is 79.8 Å². The van der Waals surface area contributed by atoms with Gasteiger partial charge in [-0.3, -0.25) is 9.59 Å². The van der Waals surface area contributed by atoms with Crippen LogP contribution in [0.5, 0.6) is 5.75 Å². The number of hydrogen-bond donors (Lipinski definition) is 2. The highest BCUT2D eigenvalue weighted by Crippen LogP contribution is 2.18. The van der Waals surface area contributed by atoms with Crippen LogP contribution in [-0.4, -0.2) is 18.0 Å². The zero-order chi connectivity index (χ0) is 21.2. The lowest BCUT2D eigenvalue weighted by molar-refractivity contribution is -0.136. The van der Waals surface area contributed by atoms with Crippen molar-refractivity contribution in [2.24, 2.45) is 5.10 Å². The summed E-state index contributed by atoms with van der Waals surface area (Å²) in [7, 11) is 0. The fraction of sp³-hybridized carbons (Fsp3) is 0.125. The lowest BCUT2D eigenvalue weighted by atomic mass is 10.1. The van der Waals surface area contributed by atoms with Gasteiger partial charge in [0.15, 0.2) is 0 Å². The van der Waals surface area contributed by atoms with Gasteiger partial charge in [0.1, 0.15) is 12.4 Å². The van der Waals surface area contributed by atoms with Crippen molar-refractivity contribution in [1.29, 1.82) is 0 Å². The van der Waals surface area contributed by atoms with E-state index in [-0.39, 0.29) is 0 Å². The van der Waals surface area contributed by atoms with Gasteiger partial charge in [-0.15, -0.1) is 0 Å². The first kappa shape index (κ1) is 20.8. The molecule has 0 unspecified atom stereocenters. The zero-order valence-electron chi connectivity index (χ0n) is 16.7. The molecule has 0 radical (unpaired) electrons. The van der Waals surface area contributed by atoms with Gasteiger partial charge in [-0.2, -0.15) is 5.10 Å². The van der Waals surface area contributed by atoms with Crippen LogP contribution in [-0.2, 0) is 22.6 Å².